The molecule has 2 amide bonds. The number of hydrogen-bond acceptors (Lipinski definition) is 9. The third kappa shape index (κ3) is 5.23. The summed E-state index contributed by atoms with van der Waals surface area (Å²) >= 11 is 0. The predicted octanol–water partition coefficient (Wildman–Crippen LogP) is 1.39. The molecule has 196 valence electrons. The number of aliphatic hydroxyl groups is 1. The molecule has 4 heterocycles. The van der Waals surface area contributed by atoms with Gasteiger partial charge in [-0.3, -0.25) is 9.59 Å². The fourth-order valence-electron chi connectivity index (χ4n) is 5.14. The molecule has 1 aliphatic carbocycles. The van der Waals surface area contributed by atoms with E-state index < -0.39 is 23.6 Å². The van der Waals surface area contributed by atoms with Gasteiger partial charge in [0.05, 0.1) is 18.3 Å². The lowest BCUT2D eigenvalue weighted by Gasteiger charge is -2.34. The fourth-order valence-corrected chi connectivity index (χ4v) is 5.14. The van der Waals surface area contributed by atoms with E-state index in [0.29, 0.717) is 17.8 Å². The number of piperidine rings is 1. The van der Waals surface area contributed by atoms with Crippen LogP contribution < -0.4 is 10.2 Å². The summed E-state index contributed by atoms with van der Waals surface area (Å²) in [5.74, 6) is 0.115. The lowest BCUT2D eigenvalue weighted by Crippen LogP contribution is -2.50. The van der Waals surface area contributed by atoms with Crippen molar-refractivity contribution in [2.24, 2.45) is 5.41 Å². The zero-order valence-corrected chi connectivity index (χ0v) is 21.3. The van der Waals surface area contributed by atoms with Crippen LogP contribution in [0.2, 0.25) is 0 Å². The number of β-amino-alcohol motifs (C(OH)–C–C–N with tert-alkyl or cyclic N) is 1. The summed E-state index contributed by atoms with van der Waals surface area (Å²) in [7, 11) is 0. The highest BCUT2D eigenvalue weighted by molar-refractivity contribution is 5.90. The SMILES string of the molecule is CC(C)(C)[C@@H](C(=O)N1C[C@H](O)C[C@H]1C(=O)NCc1nnc(N2CCCCC2)o1)n1cc(C2CC2)nn1. The van der Waals surface area contributed by atoms with Gasteiger partial charge in [0.2, 0.25) is 17.7 Å². The van der Waals surface area contributed by atoms with Gasteiger partial charge in [-0.2, -0.15) is 0 Å². The molecule has 2 aromatic heterocycles. The smallest absolute Gasteiger partial charge is 0.318 e. The lowest BCUT2D eigenvalue weighted by atomic mass is 9.85. The summed E-state index contributed by atoms with van der Waals surface area (Å²) in [6.07, 6.45) is 6.80. The van der Waals surface area contributed by atoms with Crippen molar-refractivity contribution in [2.45, 2.75) is 89.9 Å². The Morgan fingerprint density at radius 1 is 1.17 bits per heavy atom. The van der Waals surface area contributed by atoms with Crippen molar-refractivity contribution in [2.75, 3.05) is 24.5 Å². The Bertz CT molecular complexity index is 1080. The highest BCUT2D eigenvalue weighted by Crippen LogP contribution is 2.40. The van der Waals surface area contributed by atoms with Gasteiger partial charge in [0.1, 0.15) is 12.1 Å². The zero-order valence-electron chi connectivity index (χ0n) is 21.3. The molecule has 3 fully saturated rings. The van der Waals surface area contributed by atoms with Crippen molar-refractivity contribution >= 4 is 17.8 Å². The highest BCUT2D eigenvalue weighted by Gasteiger charge is 2.45. The van der Waals surface area contributed by atoms with Crippen LogP contribution in [-0.2, 0) is 16.1 Å². The lowest BCUT2D eigenvalue weighted by molar-refractivity contribution is -0.144. The first kappa shape index (κ1) is 24.7. The molecule has 0 aromatic carbocycles. The monoisotopic (exact) mass is 500 g/mol. The molecule has 3 aliphatic rings. The summed E-state index contributed by atoms with van der Waals surface area (Å²) in [5, 5.41) is 29.9. The normalized spacial score (nSPS) is 23.7. The van der Waals surface area contributed by atoms with Gasteiger partial charge in [-0.05, 0) is 37.5 Å². The van der Waals surface area contributed by atoms with Gasteiger partial charge in [0.15, 0.2) is 0 Å². The van der Waals surface area contributed by atoms with Crippen LogP contribution in [0.1, 0.15) is 82.8 Å². The van der Waals surface area contributed by atoms with Gasteiger partial charge in [0, 0.05) is 38.2 Å². The first-order valence-electron chi connectivity index (χ1n) is 13.0. The molecule has 1 saturated carbocycles. The summed E-state index contributed by atoms with van der Waals surface area (Å²) < 4.78 is 7.36. The van der Waals surface area contributed by atoms with Gasteiger partial charge in [-0.1, -0.05) is 31.1 Å². The molecule has 12 nitrogen and oxygen atoms in total. The minimum Gasteiger partial charge on any atom is -0.406 e. The fraction of sp³-hybridized carbons (Fsp3) is 0.750. The number of carbonyl (C=O) groups is 2. The molecule has 3 atom stereocenters. The van der Waals surface area contributed by atoms with Gasteiger partial charge in [0.25, 0.3) is 0 Å². The number of hydrogen-bond donors (Lipinski definition) is 2. The van der Waals surface area contributed by atoms with Crippen LogP contribution in [0.15, 0.2) is 10.6 Å². The second-order valence-corrected chi connectivity index (χ2v) is 11.3. The number of aromatic nitrogens is 5. The Morgan fingerprint density at radius 3 is 2.61 bits per heavy atom. The average molecular weight is 501 g/mol. The predicted molar refractivity (Wildman–Crippen MR) is 129 cm³/mol. The largest absolute Gasteiger partial charge is 0.406 e. The van der Waals surface area contributed by atoms with E-state index in [-0.39, 0.29) is 31.3 Å². The van der Waals surface area contributed by atoms with E-state index in [1.54, 1.807) is 4.68 Å². The molecule has 2 N–H and O–H groups in total. The first-order chi connectivity index (χ1) is 17.2. The van der Waals surface area contributed by atoms with Crippen LogP contribution >= 0.6 is 0 Å². The van der Waals surface area contributed by atoms with Crippen molar-refractivity contribution < 1.29 is 19.1 Å². The minimum atomic E-state index is -0.798. The van der Waals surface area contributed by atoms with Gasteiger partial charge >= 0.3 is 6.01 Å². The van der Waals surface area contributed by atoms with E-state index in [1.165, 1.54) is 11.3 Å². The standard InChI is InChI=1S/C24H36N8O4/c1-24(2,3)20(32-14-17(26-29-32)15-7-8-15)22(35)31-13-16(33)11-18(31)21(34)25-12-19-27-28-23(36-19)30-9-5-4-6-10-30/h14-16,18,20,33H,4-13H2,1-3H3,(H,25,34)/t16-,18+,20-/m1/s1. The van der Waals surface area contributed by atoms with Gasteiger partial charge in [-0.25, -0.2) is 4.68 Å². The van der Waals surface area contributed by atoms with E-state index in [2.05, 4.69) is 30.7 Å². The van der Waals surface area contributed by atoms with Crippen LogP contribution in [0.4, 0.5) is 6.01 Å². The zero-order chi connectivity index (χ0) is 25.4. The van der Waals surface area contributed by atoms with Crippen molar-refractivity contribution in [3.63, 3.8) is 0 Å². The number of aliphatic hydroxyl groups excluding tert-OH is 1. The number of nitrogens with zero attached hydrogens (tertiary/aromatic N) is 7. The molecule has 0 bridgehead atoms. The third-order valence-electron chi connectivity index (χ3n) is 7.20. The Hall–Kier alpha value is -3.02. The Morgan fingerprint density at radius 2 is 1.92 bits per heavy atom. The van der Waals surface area contributed by atoms with E-state index >= 15 is 0 Å². The van der Waals surface area contributed by atoms with Crippen LogP contribution in [-0.4, -0.2) is 78.8 Å². The van der Waals surface area contributed by atoms with Gasteiger partial charge in [-0.15, -0.1) is 10.2 Å². The van der Waals surface area contributed by atoms with Crippen LogP contribution in [0.25, 0.3) is 0 Å². The molecule has 0 spiro atoms. The maximum absolute atomic E-state index is 13.8. The number of nitrogens with one attached hydrogen (secondary N) is 1. The average Bonchev–Trinajstić information content (AvgIpc) is 3.22. The summed E-state index contributed by atoms with van der Waals surface area (Å²) in [6.45, 7) is 7.81. The molecular formula is C24H36N8O4. The molecular weight excluding hydrogens is 464 g/mol. The van der Waals surface area contributed by atoms with E-state index in [4.69, 9.17) is 4.42 Å². The number of carbonyl (C=O) groups excluding carboxylic acids is 2. The van der Waals surface area contributed by atoms with Crippen molar-refractivity contribution in [1.82, 2.24) is 35.4 Å². The number of likely N-dealkylation sites (tertiary alicyclic amines) is 1. The van der Waals surface area contributed by atoms with Crippen molar-refractivity contribution in [3.8, 4) is 0 Å². The molecule has 2 aliphatic heterocycles. The number of rotatable bonds is 7. The minimum absolute atomic E-state index is 0.0603. The maximum Gasteiger partial charge on any atom is 0.318 e. The van der Waals surface area contributed by atoms with E-state index in [0.717, 1.165) is 44.5 Å². The quantitative estimate of drug-likeness (QED) is 0.576. The summed E-state index contributed by atoms with van der Waals surface area (Å²) in [5.41, 5.74) is 0.422. The maximum atomic E-state index is 13.8. The third-order valence-corrected chi connectivity index (χ3v) is 7.20. The highest BCUT2D eigenvalue weighted by atomic mass is 16.4. The first-order valence-corrected chi connectivity index (χ1v) is 13.0. The van der Waals surface area contributed by atoms with Gasteiger partial charge < -0.3 is 24.6 Å². The Balaban J connectivity index is 1.26. The van der Waals surface area contributed by atoms with E-state index in [9.17, 15) is 14.7 Å². The Kier molecular flexibility index (Phi) is 6.71. The molecule has 12 heteroatoms. The molecule has 2 aromatic rings. The van der Waals surface area contributed by atoms with E-state index in [1.807, 2.05) is 27.0 Å². The molecule has 5 rings (SSSR count). The van der Waals surface area contributed by atoms with Crippen molar-refractivity contribution in [3.05, 3.63) is 17.8 Å². The second-order valence-electron chi connectivity index (χ2n) is 11.3. The van der Waals surface area contributed by atoms with Crippen LogP contribution in [0, 0.1) is 5.41 Å². The topological polar surface area (TPSA) is 143 Å². The number of amides is 2. The Labute approximate surface area is 210 Å². The molecule has 36 heavy (non-hydrogen) atoms. The van der Waals surface area contributed by atoms with Crippen LogP contribution in [0.3, 0.4) is 0 Å². The summed E-state index contributed by atoms with van der Waals surface area (Å²) in [6, 6.07) is -0.979. The molecule has 0 radical (unpaired) electrons. The van der Waals surface area contributed by atoms with Crippen molar-refractivity contribution in [1.29, 1.82) is 0 Å². The summed E-state index contributed by atoms with van der Waals surface area (Å²) in [4.78, 5) is 30.5. The second kappa shape index (κ2) is 9.79. The number of anilines is 1. The van der Waals surface area contributed by atoms with Crippen LogP contribution in [0.5, 0.6) is 0 Å². The molecule has 0 unspecified atom stereocenters. The molecule has 2 saturated heterocycles.